The Morgan fingerprint density at radius 2 is 1.84 bits per heavy atom. The van der Waals surface area contributed by atoms with E-state index in [2.05, 4.69) is 35.5 Å². The van der Waals surface area contributed by atoms with E-state index in [4.69, 9.17) is 0 Å². The Morgan fingerprint density at radius 3 is 2.65 bits per heavy atom. The zero-order chi connectivity index (χ0) is 20.3. The van der Waals surface area contributed by atoms with Gasteiger partial charge in [-0.25, -0.2) is 19.3 Å². The smallest absolute Gasteiger partial charge is 0.229 e. The lowest BCUT2D eigenvalue weighted by atomic mass is 10.1. The zero-order valence-corrected chi connectivity index (χ0v) is 17.4. The molecule has 1 aromatic carbocycles. The van der Waals surface area contributed by atoms with Crippen LogP contribution in [0.25, 0.3) is 22.2 Å². The third-order valence-electron chi connectivity index (χ3n) is 5.09. The van der Waals surface area contributed by atoms with Gasteiger partial charge in [-0.3, -0.25) is 4.98 Å². The fraction of sp³-hybridized carbons (Fsp3) is 0.182. The molecule has 7 nitrogen and oxygen atoms in total. The maximum atomic E-state index is 14.5. The van der Waals surface area contributed by atoms with Gasteiger partial charge in [0.1, 0.15) is 11.5 Å². The number of piperazine rings is 1. The lowest BCUT2D eigenvalue weighted by molar-refractivity contribution is 0.589. The number of halogens is 2. The molecule has 4 heterocycles. The van der Waals surface area contributed by atoms with Gasteiger partial charge in [0.15, 0.2) is 5.82 Å². The monoisotopic (exact) mass is 437 g/mol. The van der Waals surface area contributed by atoms with Crippen LogP contribution in [0.5, 0.6) is 0 Å². The molecule has 1 saturated heterocycles. The maximum absolute atomic E-state index is 14.5. The van der Waals surface area contributed by atoms with Gasteiger partial charge in [-0.05, 0) is 30.3 Å². The SMILES string of the molecule is Cl.Fc1cnc(Nc2ccc(N3CCNCC3)cn2)nc1-c1ccc2ncccc2c1. The van der Waals surface area contributed by atoms with Crippen LogP contribution in [-0.2, 0) is 0 Å². The van der Waals surface area contributed by atoms with Crippen LogP contribution < -0.4 is 15.5 Å². The molecule has 0 bridgehead atoms. The molecule has 1 aliphatic heterocycles. The highest BCUT2D eigenvalue weighted by Crippen LogP contribution is 2.25. The fourth-order valence-corrected chi connectivity index (χ4v) is 3.54. The molecule has 0 radical (unpaired) electrons. The van der Waals surface area contributed by atoms with Crippen molar-refractivity contribution in [2.45, 2.75) is 0 Å². The van der Waals surface area contributed by atoms with E-state index in [0.29, 0.717) is 17.3 Å². The van der Waals surface area contributed by atoms with Crippen LogP contribution in [-0.4, -0.2) is 46.1 Å². The summed E-state index contributed by atoms with van der Waals surface area (Å²) in [7, 11) is 0. The molecule has 0 unspecified atom stereocenters. The zero-order valence-electron chi connectivity index (χ0n) is 16.6. The lowest BCUT2D eigenvalue weighted by Gasteiger charge is -2.29. The Balaban J connectivity index is 0.00000231. The quantitative estimate of drug-likeness (QED) is 0.502. The largest absolute Gasteiger partial charge is 0.368 e. The molecule has 0 amide bonds. The number of nitrogens with one attached hydrogen (secondary N) is 2. The molecular formula is C22H21ClFN7. The first-order chi connectivity index (χ1) is 14.8. The van der Waals surface area contributed by atoms with Gasteiger partial charge in [-0.15, -0.1) is 12.4 Å². The lowest BCUT2D eigenvalue weighted by Crippen LogP contribution is -2.43. The number of fused-ring (bicyclic) bond motifs is 1. The summed E-state index contributed by atoms with van der Waals surface area (Å²) in [5.41, 5.74) is 2.83. The summed E-state index contributed by atoms with van der Waals surface area (Å²) in [6.45, 7) is 3.86. The van der Waals surface area contributed by atoms with Crippen molar-refractivity contribution in [1.82, 2.24) is 25.3 Å². The number of rotatable bonds is 4. The minimum absolute atomic E-state index is 0. The number of nitrogens with zero attached hydrogens (tertiary/aromatic N) is 5. The Hall–Kier alpha value is -3.36. The highest BCUT2D eigenvalue weighted by Gasteiger charge is 2.13. The summed E-state index contributed by atoms with van der Waals surface area (Å²) in [6, 6.07) is 13.2. The van der Waals surface area contributed by atoms with Crippen molar-refractivity contribution in [1.29, 1.82) is 0 Å². The standard InChI is InChI=1S/C22H20FN7.ClH/c23-18-14-27-22(28-20-6-4-17(13-26-20)30-10-8-24-9-11-30)29-21(18)16-3-5-19-15(12-16)2-1-7-25-19;/h1-7,12-14,24H,8-11H2,(H,26,27,28,29);1H. The number of aromatic nitrogens is 4. The van der Waals surface area contributed by atoms with Crippen LogP contribution in [0.3, 0.4) is 0 Å². The van der Waals surface area contributed by atoms with Gasteiger partial charge in [0, 0.05) is 43.3 Å². The van der Waals surface area contributed by atoms with E-state index >= 15 is 0 Å². The average molecular weight is 438 g/mol. The van der Waals surface area contributed by atoms with E-state index in [0.717, 1.165) is 42.8 Å². The molecule has 9 heteroatoms. The number of anilines is 3. The molecule has 0 spiro atoms. The normalized spacial score (nSPS) is 13.6. The molecule has 158 valence electrons. The van der Waals surface area contributed by atoms with Gasteiger partial charge in [0.25, 0.3) is 0 Å². The maximum Gasteiger partial charge on any atom is 0.229 e. The molecular weight excluding hydrogens is 417 g/mol. The fourth-order valence-electron chi connectivity index (χ4n) is 3.54. The van der Waals surface area contributed by atoms with E-state index in [1.807, 2.05) is 48.7 Å². The van der Waals surface area contributed by atoms with Crippen LogP contribution in [0.2, 0.25) is 0 Å². The summed E-state index contributed by atoms with van der Waals surface area (Å²) in [4.78, 5) is 19.5. The van der Waals surface area contributed by atoms with Gasteiger partial charge in [0.2, 0.25) is 5.95 Å². The van der Waals surface area contributed by atoms with Crippen LogP contribution in [0.15, 0.2) is 61.1 Å². The van der Waals surface area contributed by atoms with Crippen molar-refractivity contribution < 1.29 is 4.39 Å². The first-order valence-electron chi connectivity index (χ1n) is 9.83. The van der Waals surface area contributed by atoms with Crippen LogP contribution in [0.1, 0.15) is 0 Å². The predicted octanol–water partition coefficient (Wildman–Crippen LogP) is 3.80. The van der Waals surface area contributed by atoms with Crippen LogP contribution >= 0.6 is 12.4 Å². The summed E-state index contributed by atoms with van der Waals surface area (Å²) >= 11 is 0. The highest BCUT2D eigenvalue weighted by atomic mass is 35.5. The van der Waals surface area contributed by atoms with Crippen molar-refractivity contribution in [2.75, 3.05) is 36.4 Å². The molecule has 5 rings (SSSR count). The average Bonchev–Trinajstić information content (AvgIpc) is 2.81. The molecule has 4 aromatic rings. The number of benzene rings is 1. The number of hydrogen-bond acceptors (Lipinski definition) is 7. The second-order valence-corrected chi connectivity index (χ2v) is 7.06. The Bertz CT molecular complexity index is 1180. The van der Waals surface area contributed by atoms with E-state index < -0.39 is 5.82 Å². The van der Waals surface area contributed by atoms with Crippen molar-refractivity contribution in [3.8, 4) is 11.3 Å². The molecule has 3 aromatic heterocycles. The second kappa shape index (κ2) is 9.20. The third-order valence-corrected chi connectivity index (χ3v) is 5.09. The summed E-state index contributed by atoms with van der Waals surface area (Å²) < 4.78 is 14.5. The number of hydrogen-bond donors (Lipinski definition) is 2. The summed E-state index contributed by atoms with van der Waals surface area (Å²) in [6.07, 6.45) is 4.73. The topological polar surface area (TPSA) is 78.9 Å². The van der Waals surface area contributed by atoms with Crippen molar-refractivity contribution in [3.05, 3.63) is 66.9 Å². The minimum Gasteiger partial charge on any atom is -0.368 e. The van der Waals surface area contributed by atoms with Crippen LogP contribution in [0, 0.1) is 5.82 Å². The van der Waals surface area contributed by atoms with Gasteiger partial charge in [0.05, 0.1) is 23.6 Å². The van der Waals surface area contributed by atoms with Crippen molar-refractivity contribution in [2.24, 2.45) is 0 Å². The molecule has 1 aliphatic rings. The Kier molecular flexibility index (Phi) is 6.20. The van der Waals surface area contributed by atoms with Crippen molar-refractivity contribution >= 4 is 40.8 Å². The molecule has 2 N–H and O–H groups in total. The van der Waals surface area contributed by atoms with Gasteiger partial charge < -0.3 is 15.5 Å². The first kappa shape index (κ1) is 20.9. The van der Waals surface area contributed by atoms with E-state index in [1.54, 1.807) is 6.20 Å². The predicted molar refractivity (Wildman–Crippen MR) is 123 cm³/mol. The van der Waals surface area contributed by atoms with E-state index in [-0.39, 0.29) is 18.1 Å². The highest BCUT2D eigenvalue weighted by molar-refractivity contribution is 5.85. The third kappa shape index (κ3) is 4.55. The summed E-state index contributed by atoms with van der Waals surface area (Å²) in [5, 5.41) is 7.33. The molecule has 0 atom stereocenters. The number of pyridine rings is 2. The minimum atomic E-state index is -0.481. The van der Waals surface area contributed by atoms with Gasteiger partial charge in [-0.2, -0.15) is 0 Å². The van der Waals surface area contributed by atoms with E-state index in [9.17, 15) is 4.39 Å². The van der Waals surface area contributed by atoms with Gasteiger partial charge >= 0.3 is 0 Å². The molecule has 1 fully saturated rings. The van der Waals surface area contributed by atoms with E-state index in [1.165, 1.54) is 6.20 Å². The van der Waals surface area contributed by atoms with Crippen molar-refractivity contribution in [3.63, 3.8) is 0 Å². The van der Waals surface area contributed by atoms with Gasteiger partial charge in [-0.1, -0.05) is 12.1 Å². The van der Waals surface area contributed by atoms with Crippen LogP contribution in [0.4, 0.5) is 21.8 Å². The Labute approximate surface area is 185 Å². The Morgan fingerprint density at radius 1 is 0.968 bits per heavy atom. The molecule has 0 saturated carbocycles. The molecule has 0 aliphatic carbocycles. The molecule has 31 heavy (non-hydrogen) atoms. The summed E-state index contributed by atoms with van der Waals surface area (Å²) in [5.74, 6) is 0.417. The first-order valence-corrected chi connectivity index (χ1v) is 9.83. The second-order valence-electron chi connectivity index (χ2n) is 7.06.